The summed E-state index contributed by atoms with van der Waals surface area (Å²) in [6.07, 6.45) is 5.11. The largest absolute Gasteiger partial charge is 0.342 e. The van der Waals surface area contributed by atoms with Gasteiger partial charge in [0.25, 0.3) is 5.56 Å². The van der Waals surface area contributed by atoms with E-state index in [-0.39, 0.29) is 5.56 Å². The zero-order valence-electron chi connectivity index (χ0n) is 16.0. The first kappa shape index (κ1) is 17.3. The monoisotopic (exact) mass is 356 g/mol. The second kappa shape index (κ2) is 6.87. The Morgan fingerprint density at radius 2 is 2.19 bits per heavy atom. The molecular weight excluding hydrogens is 328 g/mol. The fraction of sp³-hybridized carbons (Fsp3) is 0.632. The molecule has 0 radical (unpaired) electrons. The molecule has 4 rings (SSSR count). The third kappa shape index (κ3) is 3.28. The summed E-state index contributed by atoms with van der Waals surface area (Å²) < 4.78 is 1.91. The molecule has 1 saturated heterocycles. The third-order valence-electron chi connectivity index (χ3n) is 5.83. The standard InChI is InChI=1S/C19H28N6O/c1-13-5-4-7-25(10-13)19-21-17-12-24(8-6-16(17)18(26)22-19)11-15-9-20-23(3)14(15)2/h9,13H,4-8,10-12H2,1-3H3,(H,21,22,26). The van der Waals surface area contributed by atoms with Crippen molar-refractivity contribution in [1.82, 2.24) is 24.6 Å². The lowest BCUT2D eigenvalue weighted by molar-refractivity contribution is 0.240. The summed E-state index contributed by atoms with van der Waals surface area (Å²) in [5, 5.41) is 4.34. The van der Waals surface area contributed by atoms with Crippen molar-refractivity contribution in [3.8, 4) is 0 Å². The van der Waals surface area contributed by atoms with Gasteiger partial charge in [-0.1, -0.05) is 6.92 Å². The third-order valence-corrected chi connectivity index (χ3v) is 5.83. The van der Waals surface area contributed by atoms with Crippen LogP contribution in [0.4, 0.5) is 5.95 Å². The number of rotatable bonds is 3. The number of nitrogens with zero attached hydrogens (tertiary/aromatic N) is 5. The van der Waals surface area contributed by atoms with Crippen LogP contribution in [-0.2, 0) is 26.6 Å². The van der Waals surface area contributed by atoms with Gasteiger partial charge in [0.15, 0.2) is 0 Å². The summed E-state index contributed by atoms with van der Waals surface area (Å²) in [5.41, 5.74) is 4.27. The first-order chi connectivity index (χ1) is 12.5. The summed E-state index contributed by atoms with van der Waals surface area (Å²) in [4.78, 5) is 25.1. The number of nitrogens with one attached hydrogen (secondary N) is 1. The fourth-order valence-electron chi connectivity index (χ4n) is 4.09. The van der Waals surface area contributed by atoms with Crippen molar-refractivity contribution in [3.63, 3.8) is 0 Å². The van der Waals surface area contributed by atoms with Gasteiger partial charge in [-0.05, 0) is 32.1 Å². The predicted molar refractivity (Wildman–Crippen MR) is 101 cm³/mol. The van der Waals surface area contributed by atoms with Gasteiger partial charge in [0, 0.05) is 56.6 Å². The Morgan fingerprint density at radius 1 is 1.35 bits per heavy atom. The second-order valence-electron chi connectivity index (χ2n) is 7.85. The smallest absolute Gasteiger partial charge is 0.255 e. The van der Waals surface area contributed by atoms with E-state index in [1.54, 1.807) is 0 Å². The molecule has 7 heteroatoms. The van der Waals surface area contributed by atoms with Gasteiger partial charge in [-0.25, -0.2) is 4.98 Å². The zero-order chi connectivity index (χ0) is 18.3. The highest BCUT2D eigenvalue weighted by Gasteiger charge is 2.25. The average molecular weight is 356 g/mol. The molecule has 2 aliphatic rings. The maximum absolute atomic E-state index is 12.6. The van der Waals surface area contributed by atoms with E-state index in [0.717, 1.165) is 62.8 Å². The molecule has 0 aliphatic carbocycles. The lowest BCUT2D eigenvalue weighted by atomic mass is 10.0. The van der Waals surface area contributed by atoms with Crippen LogP contribution in [0.5, 0.6) is 0 Å². The van der Waals surface area contributed by atoms with Crippen LogP contribution >= 0.6 is 0 Å². The average Bonchev–Trinajstić information content (AvgIpc) is 2.93. The predicted octanol–water partition coefficient (Wildman–Crippen LogP) is 1.61. The highest BCUT2D eigenvalue weighted by molar-refractivity contribution is 5.35. The van der Waals surface area contributed by atoms with Crippen LogP contribution < -0.4 is 10.5 Å². The van der Waals surface area contributed by atoms with Crippen LogP contribution in [0, 0.1) is 12.8 Å². The molecule has 0 amide bonds. The number of H-pyrrole nitrogens is 1. The molecule has 7 nitrogen and oxygen atoms in total. The maximum Gasteiger partial charge on any atom is 0.255 e. The number of aromatic amines is 1. The number of aromatic nitrogens is 4. The summed E-state index contributed by atoms with van der Waals surface area (Å²) in [5.74, 6) is 1.40. The van der Waals surface area contributed by atoms with Gasteiger partial charge in [-0.15, -0.1) is 0 Å². The van der Waals surface area contributed by atoms with E-state index in [2.05, 4.69) is 33.7 Å². The van der Waals surface area contributed by atoms with Crippen LogP contribution in [0.2, 0.25) is 0 Å². The van der Waals surface area contributed by atoms with Crippen molar-refractivity contribution in [2.45, 2.75) is 46.2 Å². The SMILES string of the molecule is Cc1c(CN2CCc3c(nc(N4CCCC(C)C4)[nH]c3=O)C2)cnn1C. The molecule has 2 aromatic heterocycles. The molecule has 26 heavy (non-hydrogen) atoms. The number of fused-ring (bicyclic) bond motifs is 1. The Bertz CT molecular complexity index is 854. The Hall–Kier alpha value is -2.15. The molecule has 2 aliphatic heterocycles. The summed E-state index contributed by atoms with van der Waals surface area (Å²) >= 11 is 0. The Kier molecular flexibility index (Phi) is 4.56. The molecule has 0 bridgehead atoms. The lowest BCUT2D eigenvalue weighted by Gasteiger charge is -2.33. The Labute approximate surface area is 154 Å². The van der Waals surface area contributed by atoms with Gasteiger partial charge in [-0.2, -0.15) is 5.10 Å². The minimum absolute atomic E-state index is 0.0421. The number of aryl methyl sites for hydroxylation is 1. The maximum atomic E-state index is 12.6. The normalized spacial score (nSPS) is 21.0. The van der Waals surface area contributed by atoms with E-state index in [9.17, 15) is 4.79 Å². The van der Waals surface area contributed by atoms with Gasteiger partial charge in [-0.3, -0.25) is 19.4 Å². The van der Waals surface area contributed by atoms with E-state index in [0.29, 0.717) is 5.92 Å². The fourth-order valence-corrected chi connectivity index (χ4v) is 4.09. The number of anilines is 1. The molecule has 0 aromatic carbocycles. The van der Waals surface area contributed by atoms with Gasteiger partial charge >= 0.3 is 0 Å². The Morgan fingerprint density at radius 3 is 2.92 bits per heavy atom. The van der Waals surface area contributed by atoms with Crippen LogP contribution in [0.15, 0.2) is 11.0 Å². The first-order valence-electron chi connectivity index (χ1n) is 9.58. The van der Waals surface area contributed by atoms with Gasteiger partial charge in [0.1, 0.15) is 0 Å². The molecule has 0 spiro atoms. The van der Waals surface area contributed by atoms with Crippen LogP contribution in [0.3, 0.4) is 0 Å². The van der Waals surface area contributed by atoms with Gasteiger partial charge in [0.2, 0.25) is 5.95 Å². The molecular formula is C19H28N6O. The number of piperidine rings is 1. The van der Waals surface area contributed by atoms with Crippen molar-refractivity contribution < 1.29 is 0 Å². The summed E-state index contributed by atoms with van der Waals surface area (Å²) in [6, 6.07) is 0. The molecule has 1 unspecified atom stereocenters. The molecule has 0 saturated carbocycles. The van der Waals surface area contributed by atoms with Crippen molar-refractivity contribution >= 4 is 5.95 Å². The van der Waals surface area contributed by atoms with Crippen molar-refractivity contribution in [1.29, 1.82) is 0 Å². The summed E-state index contributed by atoms with van der Waals surface area (Å²) in [6.45, 7) is 8.77. The van der Waals surface area contributed by atoms with Gasteiger partial charge < -0.3 is 4.90 Å². The van der Waals surface area contributed by atoms with Crippen LogP contribution in [0.1, 0.15) is 42.3 Å². The van der Waals surface area contributed by atoms with E-state index in [1.165, 1.54) is 17.7 Å². The highest BCUT2D eigenvalue weighted by atomic mass is 16.1. The van der Waals surface area contributed by atoms with E-state index in [1.807, 2.05) is 17.9 Å². The molecule has 140 valence electrons. The minimum Gasteiger partial charge on any atom is -0.342 e. The lowest BCUT2D eigenvalue weighted by Crippen LogP contribution is -2.39. The van der Waals surface area contributed by atoms with E-state index < -0.39 is 0 Å². The quantitative estimate of drug-likeness (QED) is 0.905. The zero-order valence-corrected chi connectivity index (χ0v) is 16.0. The molecule has 1 atom stereocenters. The van der Waals surface area contributed by atoms with Gasteiger partial charge in [0.05, 0.1) is 11.9 Å². The second-order valence-corrected chi connectivity index (χ2v) is 7.85. The highest BCUT2D eigenvalue weighted by Crippen LogP contribution is 2.22. The van der Waals surface area contributed by atoms with E-state index >= 15 is 0 Å². The van der Waals surface area contributed by atoms with Crippen molar-refractivity contribution in [2.24, 2.45) is 13.0 Å². The minimum atomic E-state index is 0.0421. The molecule has 1 fully saturated rings. The topological polar surface area (TPSA) is 70.1 Å². The number of hydrogen-bond donors (Lipinski definition) is 1. The van der Waals surface area contributed by atoms with E-state index in [4.69, 9.17) is 4.98 Å². The van der Waals surface area contributed by atoms with Crippen molar-refractivity contribution in [3.05, 3.63) is 39.1 Å². The summed E-state index contributed by atoms with van der Waals surface area (Å²) in [7, 11) is 1.97. The molecule has 1 N–H and O–H groups in total. The van der Waals surface area contributed by atoms with Crippen LogP contribution in [-0.4, -0.2) is 44.3 Å². The number of hydrogen-bond acceptors (Lipinski definition) is 5. The van der Waals surface area contributed by atoms with Crippen molar-refractivity contribution in [2.75, 3.05) is 24.5 Å². The first-order valence-corrected chi connectivity index (χ1v) is 9.58. The Balaban J connectivity index is 1.55. The van der Waals surface area contributed by atoms with Crippen LogP contribution in [0.25, 0.3) is 0 Å². The molecule has 4 heterocycles. The molecule has 2 aromatic rings.